The number of nitrogens with two attached hydrogens (primary N) is 1. The second kappa shape index (κ2) is 4.65. The molecule has 0 radical (unpaired) electrons. The largest absolute Gasteiger partial charge is 0.457 e. The topological polar surface area (TPSA) is 72.0 Å². The van der Waals surface area contributed by atoms with Crippen molar-refractivity contribution in [3.63, 3.8) is 0 Å². The van der Waals surface area contributed by atoms with Gasteiger partial charge in [0.2, 0.25) is 0 Å². The minimum Gasteiger partial charge on any atom is -0.457 e. The number of aryl methyl sites for hydroxylation is 1. The summed E-state index contributed by atoms with van der Waals surface area (Å²) < 4.78 is 5.66. The third-order valence-electron chi connectivity index (χ3n) is 2.23. The first-order valence-electron chi connectivity index (χ1n) is 5.20. The number of aromatic nitrogens is 1. The molecule has 1 aromatic carbocycles. The molecule has 0 fully saturated rings. The van der Waals surface area contributed by atoms with Gasteiger partial charge in [-0.1, -0.05) is 12.1 Å². The normalized spacial score (nSPS) is 9.94. The molecular weight excluding hydrogens is 214 g/mol. The van der Waals surface area contributed by atoms with E-state index in [1.54, 1.807) is 18.3 Å². The van der Waals surface area contributed by atoms with Crippen molar-refractivity contribution in [1.29, 1.82) is 5.41 Å². The Balaban J connectivity index is 2.24. The minimum absolute atomic E-state index is 0.0697. The van der Waals surface area contributed by atoms with Crippen LogP contribution in [0.1, 0.15) is 11.3 Å². The van der Waals surface area contributed by atoms with Crippen molar-refractivity contribution in [2.24, 2.45) is 5.73 Å². The lowest BCUT2D eigenvalue weighted by Crippen LogP contribution is -2.12. The van der Waals surface area contributed by atoms with E-state index in [0.29, 0.717) is 11.4 Å². The molecule has 0 aliphatic rings. The summed E-state index contributed by atoms with van der Waals surface area (Å²) in [5.74, 6) is 1.31. The molecule has 0 aliphatic carbocycles. The van der Waals surface area contributed by atoms with Crippen LogP contribution in [0, 0.1) is 12.3 Å². The summed E-state index contributed by atoms with van der Waals surface area (Å²) in [5, 5.41) is 7.31. The van der Waals surface area contributed by atoms with Gasteiger partial charge >= 0.3 is 0 Å². The van der Waals surface area contributed by atoms with Crippen LogP contribution in [-0.2, 0) is 0 Å². The molecule has 1 heterocycles. The Labute approximate surface area is 99.6 Å². The number of hydrogen-bond donors (Lipinski definition) is 2. The van der Waals surface area contributed by atoms with Crippen LogP contribution < -0.4 is 10.5 Å². The highest BCUT2D eigenvalue weighted by atomic mass is 16.5. The Hall–Kier alpha value is -2.36. The number of hydrogen-bond acceptors (Lipinski definition) is 3. The standard InChI is InChI=1S/C13H13N3O/c1-9-3-2-4-10(7-9)17-11-5-6-16-12(8-11)13(14)15/h2-8H,1H3,(H3,14,15). The summed E-state index contributed by atoms with van der Waals surface area (Å²) in [6.45, 7) is 2.00. The van der Waals surface area contributed by atoms with Gasteiger partial charge in [0, 0.05) is 12.3 Å². The number of rotatable bonds is 3. The summed E-state index contributed by atoms with van der Waals surface area (Å²) in [6.07, 6.45) is 1.57. The van der Waals surface area contributed by atoms with Crippen molar-refractivity contribution in [2.75, 3.05) is 0 Å². The highest BCUT2D eigenvalue weighted by Gasteiger charge is 2.02. The molecule has 0 bridgehead atoms. The van der Waals surface area contributed by atoms with Gasteiger partial charge in [-0.2, -0.15) is 0 Å². The molecule has 17 heavy (non-hydrogen) atoms. The molecule has 0 spiro atoms. The number of nitrogens with one attached hydrogen (secondary N) is 1. The van der Waals surface area contributed by atoms with E-state index in [-0.39, 0.29) is 5.84 Å². The zero-order chi connectivity index (χ0) is 12.3. The lowest BCUT2D eigenvalue weighted by molar-refractivity contribution is 0.481. The zero-order valence-corrected chi connectivity index (χ0v) is 9.47. The summed E-state index contributed by atoms with van der Waals surface area (Å²) >= 11 is 0. The minimum atomic E-state index is -0.0697. The third kappa shape index (κ3) is 2.81. The average molecular weight is 227 g/mol. The molecule has 0 saturated heterocycles. The van der Waals surface area contributed by atoms with Crippen molar-refractivity contribution in [3.05, 3.63) is 53.9 Å². The molecule has 2 aromatic rings. The molecule has 0 atom stereocenters. The SMILES string of the molecule is Cc1cccc(Oc2ccnc(C(=N)N)c2)c1. The van der Waals surface area contributed by atoms with Crippen LogP contribution in [-0.4, -0.2) is 10.8 Å². The molecule has 4 heteroatoms. The number of nitrogens with zero attached hydrogens (tertiary/aromatic N) is 1. The van der Waals surface area contributed by atoms with Crippen LogP contribution in [0.2, 0.25) is 0 Å². The lowest BCUT2D eigenvalue weighted by Gasteiger charge is -2.07. The van der Waals surface area contributed by atoms with Crippen LogP contribution in [0.15, 0.2) is 42.6 Å². The molecule has 4 nitrogen and oxygen atoms in total. The summed E-state index contributed by atoms with van der Waals surface area (Å²) in [4.78, 5) is 3.97. The summed E-state index contributed by atoms with van der Waals surface area (Å²) in [6, 6.07) is 11.1. The van der Waals surface area contributed by atoms with Crippen LogP contribution in [0.25, 0.3) is 0 Å². The van der Waals surface area contributed by atoms with Crippen LogP contribution in [0.5, 0.6) is 11.5 Å². The smallest absolute Gasteiger partial charge is 0.141 e. The van der Waals surface area contributed by atoms with Crippen molar-refractivity contribution in [1.82, 2.24) is 4.98 Å². The van der Waals surface area contributed by atoms with Gasteiger partial charge in [-0.3, -0.25) is 10.4 Å². The quantitative estimate of drug-likeness (QED) is 0.625. The van der Waals surface area contributed by atoms with E-state index in [9.17, 15) is 0 Å². The zero-order valence-electron chi connectivity index (χ0n) is 9.47. The van der Waals surface area contributed by atoms with Crippen LogP contribution in [0.3, 0.4) is 0 Å². The van der Waals surface area contributed by atoms with Crippen LogP contribution in [0.4, 0.5) is 0 Å². The third-order valence-corrected chi connectivity index (χ3v) is 2.23. The summed E-state index contributed by atoms with van der Waals surface area (Å²) in [5.41, 5.74) is 6.91. The fourth-order valence-electron chi connectivity index (χ4n) is 1.44. The Morgan fingerprint density at radius 3 is 2.71 bits per heavy atom. The Kier molecular flexibility index (Phi) is 3.05. The molecule has 3 N–H and O–H groups in total. The molecule has 0 aliphatic heterocycles. The number of pyridine rings is 1. The molecule has 1 aromatic heterocycles. The number of ether oxygens (including phenoxy) is 1. The van der Waals surface area contributed by atoms with E-state index in [4.69, 9.17) is 15.9 Å². The van der Waals surface area contributed by atoms with Gasteiger partial charge in [0.1, 0.15) is 23.0 Å². The molecule has 2 rings (SSSR count). The predicted octanol–water partition coefficient (Wildman–Crippen LogP) is 2.47. The first kappa shape index (κ1) is 11.1. The van der Waals surface area contributed by atoms with Gasteiger partial charge in [0.05, 0.1) is 0 Å². The second-order valence-corrected chi connectivity index (χ2v) is 3.71. The Bertz CT molecular complexity index is 552. The first-order valence-corrected chi connectivity index (χ1v) is 5.20. The fraction of sp³-hybridized carbons (Fsp3) is 0.0769. The van der Waals surface area contributed by atoms with E-state index in [1.807, 2.05) is 31.2 Å². The predicted molar refractivity (Wildman–Crippen MR) is 66.5 cm³/mol. The maximum atomic E-state index is 7.31. The van der Waals surface area contributed by atoms with E-state index in [2.05, 4.69) is 4.98 Å². The van der Waals surface area contributed by atoms with Gasteiger partial charge in [0.15, 0.2) is 0 Å². The van der Waals surface area contributed by atoms with Crippen molar-refractivity contribution in [3.8, 4) is 11.5 Å². The van der Waals surface area contributed by atoms with E-state index in [0.717, 1.165) is 11.3 Å². The molecule has 0 saturated carbocycles. The van der Waals surface area contributed by atoms with E-state index in [1.165, 1.54) is 0 Å². The maximum Gasteiger partial charge on any atom is 0.141 e. The summed E-state index contributed by atoms with van der Waals surface area (Å²) in [7, 11) is 0. The van der Waals surface area contributed by atoms with Gasteiger partial charge in [-0.15, -0.1) is 0 Å². The van der Waals surface area contributed by atoms with E-state index < -0.39 is 0 Å². The molecular formula is C13H13N3O. The fourth-order valence-corrected chi connectivity index (χ4v) is 1.44. The first-order chi connectivity index (χ1) is 8.15. The lowest BCUT2D eigenvalue weighted by atomic mass is 10.2. The number of amidine groups is 1. The molecule has 0 unspecified atom stereocenters. The van der Waals surface area contributed by atoms with Gasteiger partial charge in [-0.05, 0) is 30.7 Å². The molecule has 0 amide bonds. The van der Waals surface area contributed by atoms with Gasteiger partial charge in [-0.25, -0.2) is 0 Å². The number of benzene rings is 1. The van der Waals surface area contributed by atoms with Crippen molar-refractivity contribution >= 4 is 5.84 Å². The van der Waals surface area contributed by atoms with Crippen molar-refractivity contribution < 1.29 is 4.74 Å². The average Bonchev–Trinajstić information content (AvgIpc) is 2.29. The maximum absolute atomic E-state index is 7.31. The Morgan fingerprint density at radius 1 is 1.24 bits per heavy atom. The van der Waals surface area contributed by atoms with E-state index >= 15 is 0 Å². The second-order valence-electron chi connectivity index (χ2n) is 3.71. The highest BCUT2D eigenvalue weighted by Crippen LogP contribution is 2.21. The van der Waals surface area contributed by atoms with Gasteiger partial charge < -0.3 is 10.5 Å². The number of nitrogen functional groups attached to an aromatic ring is 1. The van der Waals surface area contributed by atoms with Crippen LogP contribution >= 0.6 is 0 Å². The monoisotopic (exact) mass is 227 g/mol. The van der Waals surface area contributed by atoms with Gasteiger partial charge in [0.25, 0.3) is 0 Å². The Morgan fingerprint density at radius 2 is 2.00 bits per heavy atom. The highest BCUT2D eigenvalue weighted by molar-refractivity contribution is 5.93. The van der Waals surface area contributed by atoms with Crippen molar-refractivity contribution in [2.45, 2.75) is 6.92 Å². The molecule has 86 valence electrons.